The highest BCUT2D eigenvalue weighted by Crippen LogP contribution is 2.58. The summed E-state index contributed by atoms with van der Waals surface area (Å²) < 4.78 is 0. The van der Waals surface area contributed by atoms with E-state index in [4.69, 9.17) is 0 Å². The molecule has 4 fully saturated rings. The first-order valence-electron chi connectivity index (χ1n) is 8.67. The molecule has 4 saturated carbocycles. The Morgan fingerprint density at radius 2 is 1.52 bits per heavy atom. The van der Waals surface area contributed by atoms with Crippen molar-refractivity contribution in [1.82, 2.24) is 0 Å². The van der Waals surface area contributed by atoms with Crippen molar-refractivity contribution < 1.29 is 14.7 Å². The van der Waals surface area contributed by atoms with Crippen LogP contribution in [0.5, 0.6) is 0 Å². The van der Waals surface area contributed by atoms with Crippen LogP contribution in [0.2, 0.25) is 0 Å². The highest BCUT2D eigenvalue weighted by atomic mass is 16.4. The van der Waals surface area contributed by atoms with Gasteiger partial charge in [-0.15, -0.1) is 0 Å². The number of carbonyl (C=O) groups is 2. The van der Waals surface area contributed by atoms with Gasteiger partial charge in [-0.1, -0.05) is 25.0 Å². The summed E-state index contributed by atoms with van der Waals surface area (Å²) in [5.41, 5.74) is 0.615. The lowest BCUT2D eigenvalue weighted by atomic mass is 9.58. The summed E-state index contributed by atoms with van der Waals surface area (Å²) in [6.07, 6.45) is 8.29. The van der Waals surface area contributed by atoms with E-state index in [1.165, 1.54) is 37.8 Å². The number of carbonyl (C=O) groups excluding carboxylic acids is 2. The number of amides is 1. The van der Waals surface area contributed by atoms with Crippen molar-refractivity contribution in [3.63, 3.8) is 0 Å². The number of hydrogen-bond acceptors (Lipinski definition) is 3. The van der Waals surface area contributed by atoms with Gasteiger partial charge in [-0.05, 0) is 67.6 Å². The van der Waals surface area contributed by atoms with Crippen LogP contribution in [0.15, 0.2) is 24.3 Å². The molecule has 4 heteroatoms. The molecule has 1 aromatic carbocycles. The summed E-state index contributed by atoms with van der Waals surface area (Å²) in [7, 11) is 0. The minimum absolute atomic E-state index is 0.134. The molecule has 23 heavy (non-hydrogen) atoms. The first-order valence-corrected chi connectivity index (χ1v) is 8.67. The van der Waals surface area contributed by atoms with Gasteiger partial charge in [0.05, 0.1) is 11.4 Å². The van der Waals surface area contributed by atoms with E-state index in [-0.39, 0.29) is 16.9 Å². The fourth-order valence-corrected chi connectivity index (χ4v) is 5.42. The Kier molecular flexibility index (Phi) is 3.43. The van der Waals surface area contributed by atoms with Gasteiger partial charge in [0, 0.05) is 5.69 Å². The highest BCUT2D eigenvalue weighted by molar-refractivity contribution is 5.96. The highest BCUT2D eigenvalue weighted by Gasteiger charge is 2.52. The van der Waals surface area contributed by atoms with E-state index < -0.39 is 5.97 Å². The van der Waals surface area contributed by atoms with Gasteiger partial charge in [0.2, 0.25) is 5.91 Å². The first-order chi connectivity index (χ1) is 11.0. The lowest BCUT2D eigenvalue weighted by molar-refractivity contribution is -0.255. The SMILES string of the molecule is O=C([O-])c1ccc(NC(=O)C23CC4C[C@@H](CC[C@@H](C4)C2)C3)cc1. The molecule has 0 saturated heterocycles. The minimum atomic E-state index is -1.19. The molecule has 122 valence electrons. The molecule has 2 unspecified atom stereocenters. The van der Waals surface area contributed by atoms with Crippen LogP contribution in [0.1, 0.15) is 55.3 Å². The van der Waals surface area contributed by atoms with Crippen LogP contribution in [0.4, 0.5) is 5.69 Å². The maximum absolute atomic E-state index is 13.0. The van der Waals surface area contributed by atoms with Crippen LogP contribution < -0.4 is 10.4 Å². The zero-order valence-corrected chi connectivity index (χ0v) is 13.2. The van der Waals surface area contributed by atoms with Crippen molar-refractivity contribution in [1.29, 1.82) is 0 Å². The van der Waals surface area contributed by atoms with Gasteiger partial charge >= 0.3 is 0 Å². The second kappa shape index (κ2) is 5.36. The van der Waals surface area contributed by atoms with Crippen molar-refractivity contribution in [3.8, 4) is 0 Å². The molecular weight excluding hydrogens is 290 g/mol. The van der Waals surface area contributed by atoms with Crippen molar-refractivity contribution in [2.24, 2.45) is 23.2 Å². The maximum Gasteiger partial charge on any atom is 0.230 e. The van der Waals surface area contributed by atoms with E-state index in [1.54, 1.807) is 12.1 Å². The molecule has 4 aliphatic rings. The number of fused-ring (bicyclic) bond motifs is 1. The largest absolute Gasteiger partial charge is 0.545 e. The molecule has 4 atom stereocenters. The fourth-order valence-electron chi connectivity index (χ4n) is 5.42. The topological polar surface area (TPSA) is 69.2 Å². The Morgan fingerprint density at radius 3 is 2.09 bits per heavy atom. The van der Waals surface area contributed by atoms with Crippen LogP contribution in [0.25, 0.3) is 0 Å². The van der Waals surface area contributed by atoms with Gasteiger partial charge in [-0.25, -0.2) is 0 Å². The standard InChI is InChI=1S/C19H23NO3/c21-17(22)15-3-5-16(6-4-15)20-18(23)19-9-12-1-2-13(10-19)8-14(7-12)11-19/h3-6,12-14H,1-2,7-11H2,(H,20,23)(H,21,22)/p-1/t12-,13+,14?,19?. The smallest absolute Gasteiger partial charge is 0.230 e. The van der Waals surface area contributed by atoms with Gasteiger partial charge in [0.15, 0.2) is 0 Å². The molecule has 1 N–H and O–H groups in total. The quantitative estimate of drug-likeness (QED) is 0.932. The predicted molar refractivity (Wildman–Crippen MR) is 84.6 cm³/mol. The number of rotatable bonds is 3. The van der Waals surface area contributed by atoms with Gasteiger partial charge in [-0.3, -0.25) is 4.79 Å². The van der Waals surface area contributed by atoms with Crippen molar-refractivity contribution in [2.45, 2.75) is 44.9 Å². The minimum Gasteiger partial charge on any atom is -0.545 e. The summed E-state index contributed by atoms with van der Waals surface area (Å²) in [6.45, 7) is 0. The number of nitrogens with one attached hydrogen (secondary N) is 1. The van der Waals surface area contributed by atoms with E-state index in [1.807, 2.05) is 0 Å². The molecule has 5 rings (SSSR count). The molecule has 4 bridgehead atoms. The third kappa shape index (κ3) is 2.64. The molecule has 0 heterocycles. The summed E-state index contributed by atoms with van der Waals surface area (Å²) in [5.74, 6) is 1.10. The zero-order valence-electron chi connectivity index (χ0n) is 13.2. The Balaban J connectivity index is 1.53. The third-order valence-electron chi connectivity index (χ3n) is 6.21. The fraction of sp³-hybridized carbons (Fsp3) is 0.579. The van der Waals surface area contributed by atoms with Crippen LogP contribution >= 0.6 is 0 Å². The second-order valence-corrected chi connectivity index (χ2v) is 7.86. The molecule has 0 spiro atoms. The Labute approximate surface area is 136 Å². The number of carboxylic acids is 1. The third-order valence-corrected chi connectivity index (χ3v) is 6.21. The van der Waals surface area contributed by atoms with Crippen molar-refractivity contribution in [3.05, 3.63) is 29.8 Å². The monoisotopic (exact) mass is 312 g/mol. The van der Waals surface area contributed by atoms with Crippen LogP contribution in [0, 0.1) is 23.2 Å². The Bertz CT molecular complexity index is 621. The second-order valence-electron chi connectivity index (χ2n) is 7.86. The summed E-state index contributed by atoms with van der Waals surface area (Å²) in [6, 6.07) is 6.27. The molecule has 0 radical (unpaired) electrons. The van der Waals surface area contributed by atoms with E-state index in [2.05, 4.69) is 5.32 Å². The molecule has 4 aliphatic carbocycles. The molecule has 1 amide bonds. The van der Waals surface area contributed by atoms with Gasteiger partial charge in [-0.2, -0.15) is 0 Å². The molecule has 0 aromatic heterocycles. The summed E-state index contributed by atoms with van der Waals surface area (Å²) >= 11 is 0. The average molecular weight is 312 g/mol. The van der Waals surface area contributed by atoms with Gasteiger partial charge < -0.3 is 15.2 Å². The Morgan fingerprint density at radius 1 is 0.957 bits per heavy atom. The lowest BCUT2D eigenvalue weighted by Crippen LogP contribution is -2.46. The van der Waals surface area contributed by atoms with Crippen molar-refractivity contribution in [2.75, 3.05) is 5.32 Å². The number of anilines is 1. The molecule has 0 aliphatic heterocycles. The average Bonchev–Trinajstić information content (AvgIpc) is 2.74. The van der Waals surface area contributed by atoms with Crippen LogP contribution in [0.3, 0.4) is 0 Å². The van der Waals surface area contributed by atoms with E-state index in [9.17, 15) is 14.7 Å². The number of hydrogen-bond donors (Lipinski definition) is 1. The van der Waals surface area contributed by atoms with E-state index in [0.29, 0.717) is 17.5 Å². The van der Waals surface area contributed by atoms with Crippen molar-refractivity contribution >= 4 is 17.6 Å². The molecular formula is C19H22NO3-. The molecule has 4 nitrogen and oxygen atoms in total. The van der Waals surface area contributed by atoms with Crippen LogP contribution in [-0.2, 0) is 4.79 Å². The van der Waals surface area contributed by atoms with E-state index in [0.717, 1.165) is 25.2 Å². The number of aromatic carboxylic acids is 1. The van der Waals surface area contributed by atoms with Gasteiger partial charge in [0.1, 0.15) is 0 Å². The van der Waals surface area contributed by atoms with Crippen LogP contribution in [-0.4, -0.2) is 11.9 Å². The number of benzene rings is 1. The normalized spacial score (nSPS) is 34.9. The lowest BCUT2D eigenvalue weighted by Gasteiger charge is -2.47. The summed E-state index contributed by atoms with van der Waals surface area (Å²) in [5, 5.41) is 13.8. The maximum atomic E-state index is 13.0. The Hall–Kier alpha value is -1.84. The zero-order chi connectivity index (χ0) is 16.0. The van der Waals surface area contributed by atoms with E-state index >= 15 is 0 Å². The predicted octanol–water partition coefficient (Wildman–Crippen LogP) is 2.60. The first kappa shape index (κ1) is 14.7. The summed E-state index contributed by atoms with van der Waals surface area (Å²) in [4.78, 5) is 23.8. The number of carboxylic acid groups (broad SMARTS) is 1. The molecule has 1 aromatic rings. The van der Waals surface area contributed by atoms with Gasteiger partial charge in [0.25, 0.3) is 0 Å².